The van der Waals surface area contributed by atoms with Crippen LogP contribution in [0.3, 0.4) is 0 Å². The fraction of sp³-hybridized carbons (Fsp3) is 0.467. The van der Waals surface area contributed by atoms with E-state index in [1.807, 2.05) is 12.1 Å². The van der Waals surface area contributed by atoms with E-state index < -0.39 is 5.66 Å². The van der Waals surface area contributed by atoms with Gasteiger partial charge in [-0.15, -0.1) is 0 Å². The van der Waals surface area contributed by atoms with E-state index in [1.165, 1.54) is 0 Å². The van der Waals surface area contributed by atoms with Crippen molar-refractivity contribution in [2.75, 3.05) is 16.0 Å². The van der Waals surface area contributed by atoms with Crippen molar-refractivity contribution in [1.29, 1.82) is 0 Å². The van der Waals surface area contributed by atoms with Crippen molar-refractivity contribution in [2.24, 2.45) is 26.7 Å². The van der Waals surface area contributed by atoms with Gasteiger partial charge in [-0.25, -0.2) is 0 Å². The molecule has 4 aromatic carbocycles. The van der Waals surface area contributed by atoms with E-state index in [-0.39, 0.29) is 46.3 Å². The average Bonchev–Trinajstić information content (AvgIpc) is 2.96. The predicted molar refractivity (Wildman–Crippen MR) is 213 cm³/mol. The lowest BCUT2D eigenvalue weighted by atomic mass is 9.60. The highest BCUT2D eigenvalue weighted by Crippen LogP contribution is 2.56. The molecule has 0 aromatic heterocycles. The van der Waals surface area contributed by atoms with E-state index >= 15 is 0 Å². The first kappa shape index (κ1) is 33.8. The topological polar surface area (TPSA) is 85.8 Å². The Bertz CT molecular complexity index is 2330. The van der Waals surface area contributed by atoms with Crippen molar-refractivity contribution >= 4 is 55.5 Å². The molecule has 6 heteroatoms. The normalized spacial score (nSPS) is 24.9. The molecule has 0 unspecified atom stereocenters. The molecule has 2 heterocycles. The summed E-state index contributed by atoms with van der Waals surface area (Å²) >= 11 is 0. The molecule has 4 N–H and O–H groups in total. The molecule has 9 rings (SSSR count). The maximum absolute atomic E-state index is 14.6. The van der Waals surface area contributed by atoms with Crippen LogP contribution in [0.2, 0.25) is 0 Å². The largest absolute Gasteiger partial charge is 0.506 e. The van der Waals surface area contributed by atoms with Crippen molar-refractivity contribution in [1.82, 2.24) is 0 Å². The number of rotatable bonds is 1. The third kappa shape index (κ3) is 5.18. The van der Waals surface area contributed by atoms with Crippen molar-refractivity contribution in [2.45, 2.75) is 113 Å². The Hall–Kier alpha value is -4.32. The SMILES string of the molecule is C.CC1(C)CC(C)(C)CC2(C1)N=c1c(=C3C(=O)C(c4ccc5cccc6c5c4NC4(CC(C)(C)CC(C)(C)C4)N6)=C3O)ccc3cccc(c13)N2. The lowest BCUT2D eigenvalue weighted by Crippen LogP contribution is -2.57. The van der Waals surface area contributed by atoms with Crippen LogP contribution in [-0.2, 0) is 4.79 Å². The van der Waals surface area contributed by atoms with Gasteiger partial charge < -0.3 is 21.1 Å². The molecule has 2 saturated carbocycles. The number of carbonyl (C=O) groups excluding carboxylic acids is 1. The Labute approximate surface area is 302 Å². The smallest absolute Gasteiger partial charge is 0.201 e. The van der Waals surface area contributed by atoms with Gasteiger partial charge in [0, 0.05) is 32.9 Å². The summed E-state index contributed by atoms with van der Waals surface area (Å²) in [4.78, 5) is 20.1. The van der Waals surface area contributed by atoms with Crippen LogP contribution in [0, 0.1) is 21.7 Å². The number of aliphatic hydroxyl groups is 1. The first-order valence-electron chi connectivity index (χ1n) is 18.4. The van der Waals surface area contributed by atoms with Crippen LogP contribution < -0.4 is 26.5 Å². The number of carbonyl (C=O) groups is 1. The summed E-state index contributed by atoms with van der Waals surface area (Å²) in [7, 11) is 0. The Morgan fingerprint density at radius 2 is 1.16 bits per heavy atom. The highest BCUT2D eigenvalue weighted by atomic mass is 16.3. The van der Waals surface area contributed by atoms with Crippen LogP contribution in [0.4, 0.5) is 17.1 Å². The molecular formula is C45H54N4O2. The maximum atomic E-state index is 14.6. The number of anilines is 3. The molecule has 0 saturated heterocycles. The second kappa shape index (κ2) is 10.4. The third-order valence-electron chi connectivity index (χ3n) is 12.0. The van der Waals surface area contributed by atoms with Gasteiger partial charge in [-0.05, 0) is 83.1 Å². The number of benzene rings is 4. The van der Waals surface area contributed by atoms with E-state index in [9.17, 15) is 9.90 Å². The minimum atomic E-state index is -0.496. The molecule has 6 nitrogen and oxygen atoms in total. The number of hydrogen-bond donors (Lipinski definition) is 4. The summed E-state index contributed by atoms with van der Waals surface area (Å²) in [6.07, 6.45) is 5.92. The molecule has 4 aromatic rings. The van der Waals surface area contributed by atoms with Crippen molar-refractivity contribution < 1.29 is 9.90 Å². The van der Waals surface area contributed by atoms with E-state index in [0.29, 0.717) is 11.1 Å². The summed E-state index contributed by atoms with van der Waals surface area (Å²) in [5.41, 5.74) is 4.10. The number of nitrogens with zero attached hydrogens (tertiary/aromatic N) is 1. The molecule has 0 radical (unpaired) electrons. The monoisotopic (exact) mass is 682 g/mol. The zero-order valence-corrected chi connectivity index (χ0v) is 30.8. The molecular weight excluding hydrogens is 629 g/mol. The van der Waals surface area contributed by atoms with Crippen molar-refractivity contribution in [3.05, 3.63) is 82.6 Å². The number of hydrogen-bond acceptors (Lipinski definition) is 6. The molecule has 0 bridgehead atoms. The number of ketones is 1. The van der Waals surface area contributed by atoms with Crippen LogP contribution >= 0.6 is 0 Å². The summed E-state index contributed by atoms with van der Waals surface area (Å²) in [5, 5.41) is 29.6. The number of aliphatic hydroxyl groups excluding tert-OH is 1. The standard InChI is InChI=1S/C44H50N4O2.CH4/c1-39(2)19-40(3,4)22-43(21-39)45-29-13-9-11-25-15-17-27(35(47-43)31(25)29)33-37(49)34(38(33)50)28-18-16-26-12-10-14-30-32(26)36(28)48-44(46-30)23-41(5,6)20-42(7,8)24-44;/h9-18,45-47,49H,19-24H2,1-8H3;1H4. The lowest BCUT2D eigenvalue weighted by Gasteiger charge is -2.55. The maximum Gasteiger partial charge on any atom is 0.201 e. The molecule has 2 spiro atoms. The van der Waals surface area contributed by atoms with Gasteiger partial charge in [0.05, 0.1) is 22.2 Å². The number of nitrogens with one attached hydrogen (secondary N) is 3. The first-order valence-corrected chi connectivity index (χ1v) is 18.4. The second-order valence-electron chi connectivity index (χ2n) is 19.5. The van der Waals surface area contributed by atoms with E-state index in [0.717, 1.165) is 93.3 Å². The van der Waals surface area contributed by atoms with E-state index in [2.05, 4.69) is 120 Å². The summed E-state index contributed by atoms with van der Waals surface area (Å²) in [6, 6.07) is 20.8. The molecule has 0 atom stereocenters. The molecule has 2 aliphatic heterocycles. The molecule has 3 aliphatic carbocycles. The zero-order chi connectivity index (χ0) is 35.2. The van der Waals surface area contributed by atoms with Crippen molar-refractivity contribution in [3.63, 3.8) is 0 Å². The molecule has 5 aliphatic rings. The molecule has 0 amide bonds. The highest BCUT2D eigenvalue weighted by molar-refractivity contribution is 6.52. The summed E-state index contributed by atoms with van der Waals surface area (Å²) in [6.45, 7) is 18.8. The van der Waals surface area contributed by atoms with Gasteiger partial charge in [0.1, 0.15) is 17.1 Å². The minimum absolute atomic E-state index is 0. The predicted octanol–water partition coefficient (Wildman–Crippen LogP) is 10.1. The fourth-order valence-electron chi connectivity index (χ4n) is 12.1. The summed E-state index contributed by atoms with van der Waals surface area (Å²) < 4.78 is 0. The van der Waals surface area contributed by atoms with Crippen LogP contribution in [0.5, 0.6) is 0 Å². The van der Waals surface area contributed by atoms with Gasteiger partial charge >= 0.3 is 0 Å². The van der Waals surface area contributed by atoms with Gasteiger partial charge in [0.15, 0.2) is 0 Å². The van der Waals surface area contributed by atoms with Crippen LogP contribution in [0.1, 0.15) is 107 Å². The average molecular weight is 683 g/mol. The lowest BCUT2D eigenvalue weighted by molar-refractivity contribution is -0.109. The van der Waals surface area contributed by atoms with Gasteiger partial charge in [0.2, 0.25) is 5.78 Å². The zero-order valence-electron chi connectivity index (χ0n) is 30.8. The van der Waals surface area contributed by atoms with E-state index in [1.54, 1.807) is 0 Å². The van der Waals surface area contributed by atoms with Gasteiger partial charge in [-0.1, -0.05) is 111 Å². The van der Waals surface area contributed by atoms with Gasteiger partial charge in [-0.3, -0.25) is 9.79 Å². The third-order valence-corrected chi connectivity index (χ3v) is 12.0. The van der Waals surface area contributed by atoms with Crippen LogP contribution in [0.25, 0.3) is 32.7 Å². The minimum Gasteiger partial charge on any atom is -0.506 e. The van der Waals surface area contributed by atoms with Crippen LogP contribution in [-0.4, -0.2) is 22.2 Å². The van der Waals surface area contributed by atoms with Crippen molar-refractivity contribution in [3.8, 4) is 0 Å². The first-order chi connectivity index (χ1) is 23.4. The number of Topliss-reactive ketones (excluding diaryl/α,β-unsaturated/α-hetero) is 1. The molecule has 266 valence electrons. The number of allylic oxidation sites excluding steroid dienone is 2. The Morgan fingerprint density at radius 3 is 1.76 bits per heavy atom. The highest BCUT2D eigenvalue weighted by Gasteiger charge is 2.51. The van der Waals surface area contributed by atoms with Crippen LogP contribution in [0.15, 0.2) is 71.4 Å². The quantitative estimate of drug-likeness (QED) is 0.161. The van der Waals surface area contributed by atoms with E-state index in [4.69, 9.17) is 4.99 Å². The summed E-state index contributed by atoms with van der Waals surface area (Å²) in [5.74, 6) is -0.0728. The van der Waals surface area contributed by atoms with Gasteiger partial charge in [-0.2, -0.15) is 0 Å². The second-order valence-corrected chi connectivity index (χ2v) is 19.5. The Kier molecular flexibility index (Phi) is 6.89. The fourth-order valence-corrected chi connectivity index (χ4v) is 12.1. The Balaban J connectivity index is 0.00000374. The molecule has 51 heavy (non-hydrogen) atoms. The van der Waals surface area contributed by atoms with Gasteiger partial charge in [0.25, 0.3) is 0 Å². The Morgan fingerprint density at radius 1 is 0.608 bits per heavy atom. The molecule has 2 fully saturated rings.